The standard InChI is InChI=1S/C13H17N3O/c1-15-11-6-12(15)13(17)16(8-11)7-9-3-2-4-10(14)5-9/h2-5,11-12H,6-8,14H2,1H3. The number of likely N-dealkylation sites (N-methyl/N-ethyl adjacent to an activating group) is 1. The maximum atomic E-state index is 12.1. The average molecular weight is 231 g/mol. The van der Waals surface area contributed by atoms with Crippen molar-refractivity contribution in [3.63, 3.8) is 0 Å². The zero-order chi connectivity index (χ0) is 12.0. The molecule has 0 saturated carbocycles. The third-order valence-corrected chi connectivity index (χ3v) is 3.92. The van der Waals surface area contributed by atoms with Gasteiger partial charge in [0.1, 0.15) is 0 Å². The van der Waals surface area contributed by atoms with Crippen LogP contribution in [0.2, 0.25) is 0 Å². The highest BCUT2D eigenvalue weighted by molar-refractivity contribution is 5.84. The monoisotopic (exact) mass is 231 g/mol. The molecule has 4 nitrogen and oxygen atoms in total. The Labute approximate surface area is 101 Å². The van der Waals surface area contributed by atoms with Gasteiger partial charge in [-0.05, 0) is 31.2 Å². The largest absolute Gasteiger partial charge is 0.399 e. The van der Waals surface area contributed by atoms with E-state index in [4.69, 9.17) is 5.73 Å². The highest BCUT2D eigenvalue weighted by Crippen LogP contribution is 2.32. The summed E-state index contributed by atoms with van der Waals surface area (Å²) >= 11 is 0. The molecule has 2 N–H and O–H groups in total. The van der Waals surface area contributed by atoms with E-state index >= 15 is 0 Å². The lowest BCUT2D eigenvalue weighted by Gasteiger charge is -2.53. The molecule has 2 bridgehead atoms. The number of anilines is 1. The van der Waals surface area contributed by atoms with Gasteiger partial charge in [-0.3, -0.25) is 9.69 Å². The fraction of sp³-hybridized carbons (Fsp3) is 0.462. The normalized spacial score (nSPS) is 28.1. The molecule has 3 aliphatic rings. The minimum atomic E-state index is 0.120. The van der Waals surface area contributed by atoms with Crippen LogP contribution in [-0.2, 0) is 11.3 Å². The first-order chi connectivity index (χ1) is 8.15. The van der Waals surface area contributed by atoms with Crippen LogP contribution in [0.5, 0.6) is 0 Å². The van der Waals surface area contributed by atoms with Gasteiger partial charge in [0.15, 0.2) is 0 Å². The number of nitrogens with zero attached hydrogens (tertiary/aromatic N) is 2. The summed E-state index contributed by atoms with van der Waals surface area (Å²) < 4.78 is 0. The SMILES string of the molecule is CN1C2CC1C(=O)N(Cc1cccc(N)c1)C2. The van der Waals surface area contributed by atoms with Crippen molar-refractivity contribution in [3.05, 3.63) is 29.8 Å². The summed E-state index contributed by atoms with van der Waals surface area (Å²) in [4.78, 5) is 16.2. The van der Waals surface area contributed by atoms with Crippen LogP contribution >= 0.6 is 0 Å². The number of nitrogen functional groups attached to an aromatic ring is 1. The lowest BCUT2D eigenvalue weighted by Crippen LogP contribution is -2.69. The van der Waals surface area contributed by atoms with Crippen LogP contribution in [0.4, 0.5) is 5.69 Å². The molecule has 4 heteroatoms. The van der Waals surface area contributed by atoms with E-state index in [0.29, 0.717) is 12.6 Å². The molecule has 0 radical (unpaired) electrons. The van der Waals surface area contributed by atoms with Crippen molar-refractivity contribution < 1.29 is 4.79 Å². The number of piperidine rings is 1. The minimum absolute atomic E-state index is 0.120. The minimum Gasteiger partial charge on any atom is -0.399 e. The Kier molecular flexibility index (Phi) is 2.33. The molecular weight excluding hydrogens is 214 g/mol. The Bertz CT molecular complexity index is 460. The van der Waals surface area contributed by atoms with E-state index in [1.54, 1.807) is 0 Å². The number of carbonyl (C=O) groups excluding carboxylic acids is 1. The first kappa shape index (κ1) is 10.6. The second-order valence-corrected chi connectivity index (χ2v) is 5.03. The van der Waals surface area contributed by atoms with Crippen LogP contribution in [-0.4, -0.2) is 41.4 Å². The molecule has 4 rings (SSSR count). The van der Waals surface area contributed by atoms with Crippen molar-refractivity contribution in [2.75, 3.05) is 19.3 Å². The Morgan fingerprint density at radius 3 is 2.94 bits per heavy atom. The van der Waals surface area contributed by atoms with Gasteiger partial charge in [0.05, 0.1) is 6.04 Å². The molecule has 3 aliphatic heterocycles. The van der Waals surface area contributed by atoms with Gasteiger partial charge < -0.3 is 10.6 Å². The Morgan fingerprint density at radius 2 is 2.29 bits per heavy atom. The quantitative estimate of drug-likeness (QED) is 0.762. The average Bonchev–Trinajstić information content (AvgIpc) is 2.30. The molecule has 90 valence electrons. The second-order valence-electron chi connectivity index (χ2n) is 5.03. The first-order valence-corrected chi connectivity index (χ1v) is 6.00. The van der Waals surface area contributed by atoms with E-state index < -0.39 is 0 Å². The summed E-state index contributed by atoms with van der Waals surface area (Å²) in [6.07, 6.45) is 1.03. The van der Waals surface area contributed by atoms with Gasteiger partial charge in [-0.15, -0.1) is 0 Å². The summed E-state index contributed by atoms with van der Waals surface area (Å²) in [7, 11) is 2.04. The zero-order valence-corrected chi connectivity index (χ0v) is 9.97. The number of nitrogens with two attached hydrogens (primary N) is 1. The predicted molar refractivity (Wildman–Crippen MR) is 66.2 cm³/mol. The van der Waals surface area contributed by atoms with Crippen molar-refractivity contribution in [1.82, 2.24) is 9.80 Å². The maximum Gasteiger partial charge on any atom is 0.240 e. The van der Waals surface area contributed by atoms with Crippen molar-refractivity contribution in [2.24, 2.45) is 0 Å². The zero-order valence-electron chi connectivity index (χ0n) is 9.97. The lowest BCUT2D eigenvalue weighted by molar-refractivity contribution is -0.157. The van der Waals surface area contributed by atoms with Gasteiger partial charge in [-0.25, -0.2) is 0 Å². The predicted octanol–water partition coefficient (Wildman–Crippen LogP) is 0.684. The topological polar surface area (TPSA) is 49.6 Å². The molecule has 17 heavy (non-hydrogen) atoms. The van der Waals surface area contributed by atoms with Crippen molar-refractivity contribution in [2.45, 2.75) is 25.0 Å². The Morgan fingerprint density at radius 1 is 1.47 bits per heavy atom. The molecule has 0 aliphatic carbocycles. The van der Waals surface area contributed by atoms with Crippen molar-refractivity contribution in [1.29, 1.82) is 0 Å². The molecule has 1 aromatic rings. The van der Waals surface area contributed by atoms with Gasteiger partial charge in [-0.1, -0.05) is 12.1 Å². The smallest absolute Gasteiger partial charge is 0.240 e. The van der Waals surface area contributed by atoms with Gasteiger partial charge in [0.25, 0.3) is 0 Å². The third kappa shape index (κ3) is 1.69. The molecule has 1 amide bonds. The number of carbonyl (C=O) groups is 1. The molecule has 0 spiro atoms. The van der Waals surface area contributed by atoms with Crippen LogP contribution in [0.15, 0.2) is 24.3 Å². The fourth-order valence-corrected chi connectivity index (χ4v) is 2.79. The van der Waals surface area contributed by atoms with Gasteiger partial charge >= 0.3 is 0 Å². The molecule has 3 heterocycles. The molecular formula is C13H17N3O. The number of piperazine rings is 1. The molecule has 3 fully saturated rings. The van der Waals surface area contributed by atoms with E-state index in [1.165, 1.54) is 0 Å². The number of hydrogen-bond donors (Lipinski definition) is 1. The molecule has 3 saturated heterocycles. The summed E-state index contributed by atoms with van der Waals surface area (Å²) in [5.74, 6) is 0.262. The third-order valence-electron chi connectivity index (χ3n) is 3.92. The number of amides is 1. The first-order valence-electron chi connectivity index (χ1n) is 6.00. The van der Waals surface area contributed by atoms with Crippen LogP contribution in [0.1, 0.15) is 12.0 Å². The summed E-state index contributed by atoms with van der Waals surface area (Å²) in [5.41, 5.74) is 7.62. The highest BCUT2D eigenvalue weighted by atomic mass is 16.2. The number of rotatable bonds is 2. The van der Waals surface area contributed by atoms with E-state index in [1.807, 2.05) is 36.2 Å². The van der Waals surface area contributed by atoms with Crippen LogP contribution in [0, 0.1) is 0 Å². The fourth-order valence-electron chi connectivity index (χ4n) is 2.79. The molecule has 1 aromatic carbocycles. The van der Waals surface area contributed by atoms with E-state index in [9.17, 15) is 4.79 Å². The maximum absolute atomic E-state index is 12.1. The molecule has 0 aromatic heterocycles. The second kappa shape index (κ2) is 3.74. The van der Waals surface area contributed by atoms with E-state index in [2.05, 4.69) is 4.90 Å². The summed E-state index contributed by atoms with van der Waals surface area (Å²) in [6, 6.07) is 8.44. The van der Waals surface area contributed by atoms with Crippen LogP contribution < -0.4 is 5.73 Å². The number of benzene rings is 1. The van der Waals surface area contributed by atoms with Gasteiger partial charge in [-0.2, -0.15) is 0 Å². The molecule has 2 unspecified atom stereocenters. The van der Waals surface area contributed by atoms with Crippen molar-refractivity contribution >= 4 is 11.6 Å². The number of hydrogen-bond acceptors (Lipinski definition) is 3. The number of fused-ring (bicyclic) bond motifs is 2. The van der Waals surface area contributed by atoms with Gasteiger partial charge in [0.2, 0.25) is 5.91 Å². The van der Waals surface area contributed by atoms with Crippen molar-refractivity contribution in [3.8, 4) is 0 Å². The van der Waals surface area contributed by atoms with E-state index in [-0.39, 0.29) is 11.9 Å². The van der Waals surface area contributed by atoms with Gasteiger partial charge in [0, 0.05) is 24.8 Å². The lowest BCUT2D eigenvalue weighted by atomic mass is 9.87. The van der Waals surface area contributed by atoms with Crippen LogP contribution in [0.25, 0.3) is 0 Å². The summed E-state index contributed by atoms with van der Waals surface area (Å²) in [5, 5.41) is 0. The van der Waals surface area contributed by atoms with E-state index in [0.717, 1.165) is 24.2 Å². The summed E-state index contributed by atoms with van der Waals surface area (Å²) in [6.45, 7) is 1.53. The Hall–Kier alpha value is -1.55. The molecule has 2 atom stereocenters. The Balaban J connectivity index is 1.73. The highest BCUT2D eigenvalue weighted by Gasteiger charge is 2.47. The van der Waals surface area contributed by atoms with Crippen LogP contribution in [0.3, 0.4) is 0 Å².